The van der Waals surface area contributed by atoms with Gasteiger partial charge in [0.1, 0.15) is 35.3 Å². The van der Waals surface area contributed by atoms with E-state index in [2.05, 4.69) is 56.6 Å². The van der Waals surface area contributed by atoms with Gasteiger partial charge in [-0.3, -0.25) is 58.6 Å². The van der Waals surface area contributed by atoms with E-state index in [1.165, 1.54) is 30.7 Å². The fourth-order valence-corrected chi connectivity index (χ4v) is 8.28. The number of aromatic nitrogens is 5. The summed E-state index contributed by atoms with van der Waals surface area (Å²) in [4.78, 5) is 118. The van der Waals surface area contributed by atoms with Gasteiger partial charge < -0.3 is 35.9 Å². The van der Waals surface area contributed by atoms with Gasteiger partial charge in [0, 0.05) is 77.0 Å². The van der Waals surface area contributed by atoms with Crippen LogP contribution in [0.15, 0.2) is 67.3 Å². The molecule has 8 amide bonds. The van der Waals surface area contributed by atoms with Crippen molar-refractivity contribution in [3.63, 3.8) is 0 Å². The number of amides is 8. The van der Waals surface area contributed by atoms with Crippen LogP contribution < -0.4 is 31.3 Å². The number of carbonyl (C=O) groups excluding carboxylic acids is 8. The summed E-state index contributed by atoms with van der Waals surface area (Å²) < 4.78 is 5.62. The van der Waals surface area contributed by atoms with Crippen LogP contribution in [0.4, 0.5) is 17.2 Å². The van der Waals surface area contributed by atoms with Gasteiger partial charge in [-0.2, -0.15) is 5.10 Å². The minimum absolute atomic E-state index is 0.00332. The third kappa shape index (κ3) is 11.1. The largest absolute Gasteiger partial charge is 0.483 e. The number of carbonyl (C=O) groups is 8. The first-order valence-electron chi connectivity index (χ1n) is 22.5. The number of nitrogens with one attached hydrogen (secondary N) is 7. The van der Waals surface area contributed by atoms with Crippen LogP contribution in [-0.2, 0) is 30.5 Å². The number of rotatable bonds is 20. The Labute approximate surface area is 389 Å². The second kappa shape index (κ2) is 21.5. The Balaban J connectivity index is 0.651. The second-order valence-corrected chi connectivity index (χ2v) is 16.6. The van der Waals surface area contributed by atoms with Crippen molar-refractivity contribution in [3.05, 3.63) is 89.6 Å². The lowest BCUT2D eigenvalue weighted by atomic mass is 10.0. The molecular formula is C46H51N13O9. The molecule has 68 heavy (non-hydrogen) atoms. The molecule has 7 N–H and O–H groups in total. The molecule has 0 saturated carbocycles. The van der Waals surface area contributed by atoms with Gasteiger partial charge in [0.05, 0.1) is 28.4 Å². The summed E-state index contributed by atoms with van der Waals surface area (Å²) in [5.41, 5.74) is 3.11. The van der Waals surface area contributed by atoms with E-state index in [0.29, 0.717) is 75.1 Å². The summed E-state index contributed by atoms with van der Waals surface area (Å²) in [6.07, 6.45) is 8.06. The van der Waals surface area contributed by atoms with E-state index >= 15 is 0 Å². The maximum absolute atomic E-state index is 13.2. The topological polar surface area (TPSA) is 286 Å². The minimum Gasteiger partial charge on any atom is -0.483 e. The molecule has 5 aromatic rings. The molecule has 3 aliphatic rings. The highest BCUT2D eigenvalue weighted by Crippen LogP contribution is 2.34. The number of fused-ring (bicyclic) bond motifs is 2. The van der Waals surface area contributed by atoms with Crippen molar-refractivity contribution < 1.29 is 43.1 Å². The number of hydrogen-bond donors (Lipinski definition) is 7. The summed E-state index contributed by atoms with van der Waals surface area (Å²) in [6, 6.07) is 12.8. The maximum Gasteiger partial charge on any atom is 0.275 e. The number of ether oxygens (including phenoxy) is 1. The molecule has 3 aromatic heterocycles. The standard InChI is InChI=1S/C46H51N13O9/c60-35(47-17-3-1-2-4-18-48-37(62)26-68-34-7-5-6-30-39(34)46(67)59(45(30)66)33-12-13-36(61)55-43(33)64)14-15-38(63)58-22-20-57(21-23-58)25-28-8-10-29(11-9-28)53-44(65)40-32(24-52-56-40)54-42-31-16-19-49-41(31)50-27-51-42/h5-11,16,19,24,27,33H,1-4,12-15,17-18,20-23,25-26H2,(H,47,60)(H,48,62)(H,52,56)(H,53,65)(H,55,61,64)(H2,49,50,51,54). The van der Waals surface area contributed by atoms with Crippen molar-refractivity contribution in [1.29, 1.82) is 0 Å². The van der Waals surface area contributed by atoms with Gasteiger partial charge in [-0.15, -0.1) is 0 Å². The molecule has 22 heteroatoms. The minimum atomic E-state index is -1.11. The number of aromatic amines is 2. The highest BCUT2D eigenvalue weighted by Gasteiger charge is 2.46. The molecule has 1 unspecified atom stereocenters. The van der Waals surface area contributed by atoms with Crippen molar-refractivity contribution in [2.45, 2.75) is 64.0 Å². The highest BCUT2D eigenvalue weighted by atomic mass is 16.5. The predicted molar refractivity (Wildman–Crippen MR) is 244 cm³/mol. The van der Waals surface area contributed by atoms with E-state index in [0.717, 1.165) is 35.1 Å². The average molecular weight is 930 g/mol. The molecule has 22 nitrogen and oxygen atoms in total. The lowest BCUT2D eigenvalue weighted by Gasteiger charge is -2.34. The third-order valence-corrected chi connectivity index (χ3v) is 11.9. The summed E-state index contributed by atoms with van der Waals surface area (Å²) in [5, 5.41) is 21.4. The normalized spacial score (nSPS) is 16.1. The van der Waals surface area contributed by atoms with Crippen LogP contribution in [0.2, 0.25) is 0 Å². The Morgan fingerprint density at radius 3 is 2.35 bits per heavy atom. The number of unbranched alkanes of at least 4 members (excludes halogenated alkanes) is 3. The number of nitrogens with zero attached hydrogens (tertiary/aromatic N) is 6. The fraction of sp³-hybridized carbons (Fsp3) is 0.370. The summed E-state index contributed by atoms with van der Waals surface area (Å²) in [5.74, 6) is -2.97. The van der Waals surface area contributed by atoms with Crippen molar-refractivity contribution in [3.8, 4) is 5.75 Å². The zero-order valence-corrected chi connectivity index (χ0v) is 37.1. The molecular weight excluding hydrogens is 879 g/mol. The van der Waals surface area contributed by atoms with E-state index in [-0.39, 0.29) is 72.6 Å². The molecule has 2 fully saturated rings. The number of piperazine rings is 1. The van der Waals surface area contributed by atoms with Gasteiger partial charge >= 0.3 is 0 Å². The molecule has 354 valence electrons. The zero-order chi connectivity index (χ0) is 47.6. The molecule has 0 spiro atoms. The Morgan fingerprint density at radius 2 is 1.59 bits per heavy atom. The first-order valence-corrected chi connectivity index (χ1v) is 22.5. The first-order chi connectivity index (χ1) is 33.0. The van der Waals surface area contributed by atoms with Crippen LogP contribution in [-0.4, -0.2) is 139 Å². The summed E-state index contributed by atoms with van der Waals surface area (Å²) in [6.45, 7) is 3.70. The van der Waals surface area contributed by atoms with E-state index in [1.54, 1.807) is 11.1 Å². The number of benzene rings is 2. The quantitative estimate of drug-likeness (QED) is 0.0436. The van der Waals surface area contributed by atoms with Crippen LogP contribution >= 0.6 is 0 Å². The van der Waals surface area contributed by atoms with Gasteiger partial charge in [0.15, 0.2) is 6.61 Å². The highest BCUT2D eigenvalue weighted by molar-refractivity contribution is 6.24. The molecule has 3 aliphatic heterocycles. The smallest absolute Gasteiger partial charge is 0.275 e. The number of piperidine rings is 1. The van der Waals surface area contributed by atoms with E-state index < -0.39 is 35.6 Å². The van der Waals surface area contributed by atoms with E-state index in [9.17, 15) is 38.4 Å². The number of hydrogen-bond acceptors (Lipinski definition) is 14. The zero-order valence-electron chi connectivity index (χ0n) is 37.1. The average Bonchev–Trinajstić information content (AvgIpc) is 4.08. The molecule has 2 aromatic carbocycles. The van der Waals surface area contributed by atoms with Gasteiger partial charge in [0.25, 0.3) is 23.6 Å². The summed E-state index contributed by atoms with van der Waals surface area (Å²) in [7, 11) is 0. The first kappa shape index (κ1) is 46.5. The van der Waals surface area contributed by atoms with Crippen molar-refractivity contribution in [1.82, 2.24) is 55.8 Å². The molecule has 6 heterocycles. The predicted octanol–water partition coefficient (Wildman–Crippen LogP) is 2.37. The molecule has 0 radical (unpaired) electrons. The van der Waals surface area contributed by atoms with Crippen LogP contribution in [0.5, 0.6) is 5.75 Å². The van der Waals surface area contributed by atoms with Gasteiger partial charge in [-0.05, 0) is 55.2 Å². The lowest BCUT2D eigenvalue weighted by Crippen LogP contribution is -2.54. The van der Waals surface area contributed by atoms with Crippen LogP contribution in [0.3, 0.4) is 0 Å². The van der Waals surface area contributed by atoms with E-state index in [1.807, 2.05) is 30.3 Å². The fourth-order valence-electron chi connectivity index (χ4n) is 8.28. The maximum atomic E-state index is 13.2. The van der Waals surface area contributed by atoms with E-state index in [4.69, 9.17) is 4.74 Å². The number of anilines is 3. The van der Waals surface area contributed by atoms with Gasteiger partial charge in [-0.1, -0.05) is 31.0 Å². The van der Waals surface area contributed by atoms with Crippen molar-refractivity contribution in [2.75, 3.05) is 56.5 Å². The number of imide groups is 2. The monoisotopic (exact) mass is 929 g/mol. The SMILES string of the molecule is O=C(CCC(=O)N1CCN(Cc2ccc(NC(=O)c3[nH]ncc3Nc3ncnc4[nH]ccc34)cc2)CC1)NCCCCCCNC(=O)COc1cccc2c1C(=O)N(C1CCC(=O)NC1=O)C2=O. The number of H-pyrrole nitrogens is 2. The Kier molecular flexibility index (Phi) is 14.7. The Hall–Kier alpha value is -8.01. The molecule has 8 rings (SSSR count). The lowest BCUT2D eigenvalue weighted by molar-refractivity contribution is -0.136. The second-order valence-electron chi connectivity index (χ2n) is 16.6. The molecule has 1 atom stereocenters. The molecule has 2 saturated heterocycles. The molecule has 0 bridgehead atoms. The van der Waals surface area contributed by atoms with Crippen LogP contribution in [0, 0.1) is 0 Å². The Bertz CT molecular complexity index is 2710. The van der Waals surface area contributed by atoms with Gasteiger partial charge in [0.2, 0.25) is 23.6 Å². The summed E-state index contributed by atoms with van der Waals surface area (Å²) >= 11 is 0. The van der Waals surface area contributed by atoms with Crippen LogP contribution in [0.1, 0.15) is 88.1 Å². The third-order valence-electron chi connectivity index (χ3n) is 11.9. The molecule has 0 aliphatic carbocycles. The Morgan fingerprint density at radius 1 is 0.824 bits per heavy atom. The van der Waals surface area contributed by atoms with Crippen molar-refractivity contribution in [2.24, 2.45) is 0 Å². The van der Waals surface area contributed by atoms with Crippen LogP contribution in [0.25, 0.3) is 11.0 Å². The van der Waals surface area contributed by atoms with Crippen molar-refractivity contribution >= 4 is 75.5 Å². The van der Waals surface area contributed by atoms with Gasteiger partial charge in [-0.25, -0.2) is 9.97 Å².